The molecule has 0 saturated heterocycles. The smallest absolute Gasteiger partial charge is 0.274 e. The van der Waals surface area contributed by atoms with E-state index in [1.807, 2.05) is 0 Å². The van der Waals surface area contributed by atoms with E-state index in [-0.39, 0.29) is 22.6 Å². The minimum Gasteiger partial charge on any atom is -0.454 e. The third-order valence-electron chi connectivity index (χ3n) is 5.05. The number of rotatable bonds is 7. The summed E-state index contributed by atoms with van der Waals surface area (Å²) in [6.07, 6.45) is 1.48. The molecule has 2 heterocycles. The van der Waals surface area contributed by atoms with Gasteiger partial charge >= 0.3 is 0 Å². The lowest BCUT2D eigenvalue weighted by Crippen LogP contribution is -2.21. The number of alkyl halides is 1. The maximum Gasteiger partial charge on any atom is 0.274 e. The van der Waals surface area contributed by atoms with Crippen molar-refractivity contribution in [2.24, 2.45) is 7.05 Å². The zero-order chi connectivity index (χ0) is 23.7. The molecule has 0 bridgehead atoms. The van der Waals surface area contributed by atoms with Gasteiger partial charge in [0.05, 0.1) is 0 Å². The van der Waals surface area contributed by atoms with Gasteiger partial charge in [-0.25, -0.2) is 22.1 Å². The summed E-state index contributed by atoms with van der Waals surface area (Å²) in [4.78, 5) is 15.3. The Balaban J connectivity index is 1.87. The number of aryl methyl sites for hydroxylation is 1. The standard InChI is InChI=1S/C22H18F3N3O4S/c1-28-11-16(14-6-7-26-21(14)22(28)29)15-8-12(18(25)10-27-33(30)31)2-4-19(15)32-20-5-3-13(23)9-17(20)24/h2-9,11,18,26-27H,10H2,1H3,(H,30,31). The van der Waals surface area contributed by atoms with Crippen molar-refractivity contribution in [2.75, 3.05) is 6.54 Å². The van der Waals surface area contributed by atoms with Gasteiger partial charge in [-0.05, 0) is 35.9 Å². The second kappa shape index (κ2) is 9.22. The molecule has 0 saturated carbocycles. The fraction of sp³-hybridized carbons (Fsp3) is 0.136. The highest BCUT2D eigenvalue weighted by atomic mass is 32.2. The minimum absolute atomic E-state index is 0.135. The highest BCUT2D eigenvalue weighted by Gasteiger charge is 2.19. The van der Waals surface area contributed by atoms with Gasteiger partial charge in [0, 0.05) is 48.6 Å². The number of aromatic nitrogens is 2. The SMILES string of the molecule is Cn1cc(-c2cc(C(F)CNS(=O)O)ccc2Oc2ccc(F)cc2F)c2cc[nH]c2c1=O. The van der Waals surface area contributed by atoms with Crippen molar-refractivity contribution in [3.05, 3.63) is 82.4 Å². The molecular weight excluding hydrogens is 459 g/mol. The lowest BCUT2D eigenvalue weighted by molar-refractivity contribution is 0.342. The number of nitrogens with one attached hydrogen (secondary N) is 2. The predicted octanol–water partition coefficient (Wildman–Crippen LogP) is 4.34. The topological polar surface area (TPSA) is 96.3 Å². The van der Waals surface area contributed by atoms with Crippen LogP contribution in [0.1, 0.15) is 11.7 Å². The van der Waals surface area contributed by atoms with Crippen LogP contribution in [0.25, 0.3) is 22.0 Å². The zero-order valence-electron chi connectivity index (χ0n) is 17.1. The van der Waals surface area contributed by atoms with Crippen LogP contribution in [0.5, 0.6) is 11.5 Å². The molecule has 7 nitrogen and oxygen atoms in total. The number of fused-ring (bicyclic) bond motifs is 1. The zero-order valence-corrected chi connectivity index (χ0v) is 18.0. The Kier molecular flexibility index (Phi) is 6.36. The van der Waals surface area contributed by atoms with Crippen LogP contribution in [0, 0.1) is 11.6 Å². The van der Waals surface area contributed by atoms with E-state index in [0.29, 0.717) is 28.1 Å². The van der Waals surface area contributed by atoms with Crippen molar-refractivity contribution < 1.29 is 26.7 Å². The van der Waals surface area contributed by atoms with Gasteiger partial charge in [-0.2, -0.15) is 0 Å². The summed E-state index contributed by atoms with van der Waals surface area (Å²) in [5, 5.41) is 0.532. The lowest BCUT2D eigenvalue weighted by Gasteiger charge is -2.17. The number of hydrogen-bond acceptors (Lipinski definition) is 3. The van der Waals surface area contributed by atoms with Gasteiger partial charge in [0.15, 0.2) is 11.6 Å². The summed E-state index contributed by atoms with van der Waals surface area (Å²) in [5.74, 6) is -1.79. The molecule has 0 aliphatic carbocycles. The predicted molar refractivity (Wildman–Crippen MR) is 118 cm³/mol. The first kappa shape index (κ1) is 22.8. The Morgan fingerprint density at radius 3 is 2.64 bits per heavy atom. The van der Waals surface area contributed by atoms with Gasteiger partial charge in [0.25, 0.3) is 5.56 Å². The van der Waals surface area contributed by atoms with Gasteiger partial charge in [0.2, 0.25) is 11.3 Å². The van der Waals surface area contributed by atoms with Crippen molar-refractivity contribution in [2.45, 2.75) is 6.17 Å². The van der Waals surface area contributed by atoms with Gasteiger partial charge < -0.3 is 14.3 Å². The van der Waals surface area contributed by atoms with E-state index in [1.165, 1.54) is 22.8 Å². The molecule has 11 heteroatoms. The Bertz CT molecular complexity index is 1420. The van der Waals surface area contributed by atoms with E-state index in [2.05, 4.69) is 9.71 Å². The van der Waals surface area contributed by atoms with Gasteiger partial charge in [0.1, 0.15) is 23.3 Å². The Morgan fingerprint density at radius 2 is 1.91 bits per heavy atom. The first-order valence-corrected chi connectivity index (χ1v) is 10.8. The van der Waals surface area contributed by atoms with Gasteiger partial charge in [-0.3, -0.25) is 9.35 Å². The highest BCUT2D eigenvalue weighted by molar-refractivity contribution is 7.77. The monoisotopic (exact) mass is 477 g/mol. The van der Waals surface area contributed by atoms with Crippen LogP contribution < -0.4 is 15.0 Å². The van der Waals surface area contributed by atoms with E-state index >= 15 is 0 Å². The molecule has 4 rings (SSSR count). The first-order valence-electron chi connectivity index (χ1n) is 9.67. The number of aromatic amines is 1. The maximum atomic E-state index is 14.7. The normalized spacial score (nSPS) is 13.2. The summed E-state index contributed by atoms with van der Waals surface area (Å²) >= 11 is -2.38. The molecular formula is C22H18F3N3O4S. The number of benzene rings is 2. The minimum atomic E-state index is -2.38. The molecule has 2 unspecified atom stereocenters. The lowest BCUT2D eigenvalue weighted by atomic mass is 9.98. The molecule has 0 spiro atoms. The fourth-order valence-corrected chi connectivity index (χ4v) is 3.75. The molecule has 0 fully saturated rings. The molecule has 2 atom stereocenters. The number of halogens is 3. The number of pyridine rings is 1. The summed E-state index contributed by atoms with van der Waals surface area (Å²) in [6, 6.07) is 8.79. The van der Waals surface area contributed by atoms with Crippen molar-refractivity contribution in [3.63, 3.8) is 0 Å². The molecule has 0 aliphatic rings. The fourth-order valence-electron chi connectivity index (χ4n) is 3.46. The molecule has 2 aromatic carbocycles. The average Bonchev–Trinajstić information content (AvgIpc) is 3.27. The van der Waals surface area contributed by atoms with Gasteiger partial charge in [-0.15, -0.1) is 0 Å². The van der Waals surface area contributed by atoms with Crippen LogP contribution in [0.4, 0.5) is 13.2 Å². The second-order valence-electron chi connectivity index (χ2n) is 7.22. The number of hydrogen-bond donors (Lipinski definition) is 3. The largest absolute Gasteiger partial charge is 0.454 e. The quantitative estimate of drug-likeness (QED) is 0.345. The van der Waals surface area contributed by atoms with Crippen LogP contribution >= 0.6 is 0 Å². The van der Waals surface area contributed by atoms with Crippen molar-refractivity contribution in [3.8, 4) is 22.6 Å². The molecule has 0 radical (unpaired) electrons. The number of nitrogens with zero attached hydrogens (tertiary/aromatic N) is 1. The van der Waals surface area contributed by atoms with E-state index < -0.39 is 35.6 Å². The molecule has 33 heavy (non-hydrogen) atoms. The third kappa shape index (κ3) is 4.70. The van der Waals surface area contributed by atoms with Crippen LogP contribution in [-0.2, 0) is 18.3 Å². The van der Waals surface area contributed by atoms with Crippen molar-refractivity contribution >= 4 is 22.2 Å². The van der Waals surface area contributed by atoms with Crippen LogP contribution in [0.3, 0.4) is 0 Å². The van der Waals surface area contributed by atoms with Crippen LogP contribution in [-0.4, -0.2) is 24.9 Å². The van der Waals surface area contributed by atoms with Crippen molar-refractivity contribution in [1.82, 2.24) is 14.3 Å². The van der Waals surface area contributed by atoms with Crippen LogP contribution in [0.2, 0.25) is 0 Å². The molecule has 4 aromatic rings. The highest BCUT2D eigenvalue weighted by Crippen LogP contribution is 2.39. The summed E-state index contributed by atoms with van der Waals surface area (Å²) < 4.78 is 71.1. The Hall–Kier alpha value is -3.41. The molecule has 172 valence electrons. The molecule has 0 aliphatic heterocycles. The molecule has 3 N–H and O–H groups in total. The summed E-state index contributed by atoms with van der Waals surface area (Å²) in [5.41, 5.74) is 1.03. The summed E-state index contributed by atoms with van der Waals surface area (Å²) in [6.45, 7) is -0.428. The van der Waals surface area contributed by atoms with Crippen molar-refractivity contribution in [1.29, 1.82) is 0 Å². The van der Waals surface area contributed by atoms with E-state index in [4.69, 9.17) is 9.29 Å². The Morgan fingerprint density at radius 1 is 1.15 bits per heavy atom. The second-order valence-corrected chi connectivity index (χ2v) is 8.01. The first-order chi connectivity index (χ1) is 15.7. The average molecular weight is 477 g/mol. The van der Waals surface area contributed by atoms with E-state index in [9.17, 15) is 22.2 Å². The van der Waals surface area contributed by atoms with Gasteiger partial charge in [-0.1, -0.05) is 6.07 Å². The van der Waals surface area contributed by atoms with E-state index in [1.54, 1.807) is 25.5 Å². The number of H-pyrrole nitrogens is 1. The number of ether oxygens (including phenoxy) is 1. The molecule has 0 amide bonds. The Labute approximate surface area is 188 Å². The third-order valence-corrected chi connectivity index (χ3v) is 5.46. The van der Waals surface area contributed by atoms with E-state index in [0.717, 1.165) is 12.1 Å². The van der Waals surface area contributed by atoms with Crippen LogP contribution in [0.15, 0.2) is 59.7 Å². The maximum absolute atomic E-state index is 14.7. The summed E-state index contributed by atoms with van der Waals surface area (Å²) in [7, 11) is 1.55. The molecule has 2 aromatic heterocycles.